The maximum Gasteiger partial charge on any atom is 0.321 e. The zero-order valence-electron chi connectivity index (χ0n) is 12.5. The van der Waals surface area contributed by atoms with Crippen LogP contribution in [0.15, 0.2) is 30.3 Å². The Kier molecular flexibility index (Phi) is 5.37. The molecule has 0 spiro atoms. The topological polar surface area (TPSA) is 82.4 Å². The lowest BCUT2D eigenvalue weighted by atomic mass is 9.97. The van der Waals surface area contributed by atoms with E-state index in [1.807, 2.05) is 36.4 Å². The number of esters is 1. The molecule has 2 amide bonds. The number of nitriles is 1. The second-order valence-corrected chi connectivity index (χ2v) is 5.27. The first-order chi connectivity index (χ1) is 10.6. The molecule has 1 saturated heterocycles. The maximum absolute atomic E-state index is 12.1. The Labute approximate surface area is 129 Å². The van der Waals surface area contributed by atoms with E-state index >= 15 is 0 Å². The van der Waals surface area contributed by atoms with Crippen molar-refractivity contribution in [2.75, 3.05) is 18.4 Å². The summed E-state index contributed by atoms with van der Waals surface area (Å²) in [5.41, 5.74) is 0.747. The van der Waals surface area contributed by atoms with Crippen LogP contribution < -0.4 is 5.32 Å². The standard InChI is InChI=1S/C16H19N3O3/c1-12(11-17)22-15(20)13-7-9-19(10-8-13)16(21)18-14-5-3-2-4-6-14/h2-6,12-13H,7-10H2,1H3,(H,18,21)/t12-/m0/s1. The Morgan fingerprint density at radius 1 is 1.32 bits per heavy atom. The average molecular weight is 301 g/mol. The van der Waals surface area contributed by atoms with Crippen LogP contribution in [0.2, 0.25) is 0 Å². The number of piperidine rings is 1. The van der Waals surface area contributed by atoms with Crippen LogP contribution in [-0.2, 0) is 9.53 Å². The smallest absolute Gasteiger partial charge is 0.321 e. The number of urea groups is 1. The highest BCUT2D eigenvalue weighted by Crippen LogP contribution is 2.20. The molecular weight excluding hydrogens is 282 g/mol. The van der Waals surface area contributed by atoms with Crippen LogP contribution in [0.1, 0.15) is 19.8 Å². The number of benzene rings is 1. The summed E-state index contributed by atoms with van der Waals surface area (Å²) < 4.78 is 5.01. The largest absolute Gasteiger partial charge is 0.447 e. The van der Waals surface area contributed by atoms with Crippen molar-refractivity contribution in [3.63, 3.8) is 0 Å². The second-order valence-electron chi connectivity index (χ2n) is 5.27. The molecule has 1 atom stereocenters. The van der Waals surface area contributed by atoms with Crippen LogP contribution in [0, 0.1) is 17.2 Å². The Morgan fingerprint density at radius 3 is 2.55 bits per heavy atom. The first kappa shape index (κ1) is 15.8. The van der Waals surface area contributed by atoms with Gasteiger partial charge in [-0.2, -0.15) is 5.26 Å². The van der Waals surface area contributed by atoms with Crippen LogP contribution >= 0.6 is 0 Å². The van der Waals surface area contributed by atoms with Crippen molar-refractivity contribution < 1.29 is 14.3 Å². The number of hydrogen-bond acceptors (Lipinski definition) is 4. The molecule has 2 rings (SSSR count). The van der Waals surface area contributed by atoms with Gasteiger partial charge in [0.25, 0.3) is 0 Å². The summed E-state index contributed by atoms with van der Waals surface area (Å²) in [6.45, 7) is 2.54. The highest BCUT2D eigenvalue weighted by molar-refractivity contribution is 5.89. The summed E-state index contributed by atoms with van der Waals surface area (Å²) in [5, 5.41) is 11.5. The Balaban J connectivity index is 1.80. The first-order valence-corrected chi connectivity index (χ1v) is 7.31. The predicted octanol–water partition coefficient (Wildman–Crippen LogP) is 2.39. The van der Waals surface area contributed by atoms with Gasteiger partial charge >= 0.3 is 12.0 Å². The van der Waals surface area contributed by atoms with Gasteiger partial charge in [0, 0.05) is 18.8 Å². The lowest BCUT2D eigenvalue weighted by molar-refractivity contribution is -0.152. The molecule has 0 unspecified atom stereocenters. The molecule has 1 aliphatic heterocycles. The maximum atomic E-state index is 12.1. The van der Waals surface area contributed by atoms with Crippen molar-refractivity contribution in [2.24, 2.45) is 5.92 Å². The quantitative estimate of drug-likeness (QED) is 0.869. The van der Waals surface area contributed by atoms with Crippen molar-refractivity contribution in [2.45, 2.75) is 25.9 Å². The summed E-state index contributed by atoms with van der Waals surface area (Å²) in [6.07, 6.45) is 0.380. The van der Waals surface area contributed by atoms with Gasteiger partial charge in [0.2, 0.25) is 0 Å². The van der Waals surface area contributed by atoms with Gasteiger partial charge in [-0.3, -0.25) is 4.79 Å². The van der Waals surface area contributed by atoms with Crippen LogP contribution in [0.3, 0.4) is 0 Å². The van der Waals surface area contributed by atoms with E-state index in [2.05, 4.69) is 5.32 Å². The van der Waals surface area contributed by atoms with Gasteiger partial charge in [-0.1, -0.05) is 18.2 Å². The van der Waals surface area contributed by atoms with E-state index in [-0.39, 0.29) is 17.9 Å². The monoisotopic (exact) mass is 301 g/mol. The van der Waals surface area contributed by atoms with Crippen molar-refractivity contribution in [1.82, 2.24) is 4.90 Å². The van der Waals surface area contributed by atoms with Gasteiger partial charge in [0.15, 0.2) is 6.10 Å². The molecule has 1 aliphatic rings. The molecule has 1 fully saturated rings. The molecule has 0 aliphatic carbocycles. The molecule has 0 radical (unpaired) electrons. The lowest BCUT2D eigenvalue weighted by Crippen LogP contribution is -2.43. The van der Waals surface area contributed by atoms with Gasteiger partial charge in [0.05, 0.1) is 5.92 Å². The number of amides is 2. The fourth-order valence-electron chi connectivity index (χ4n) is 2.34. The summed E-state index contributed by atoms with van der Waals surface area (Å²) in [4.78, 5) is 25.7. The van der Waals surface area contributed by atoms with Crippen LogP contribution in [0.5, 0.6) is 0 Å². The number of carbonyl (C=O) groups excluding carboxylic acids is 2. The first-order valence-electron chi connectivity index (χ1n) is 7.31. The molecule has 1 aromatic carbocycles. The molecule has 116 valence electrons. The molecule has 1 N–H and O–H groups in total. The van der Waals surface area contributed by atoms with Crippen molar-refractivity contribution in [3.05, 3.63) is 30.3 Å². The normalized spacial score (nSPS) is 16.5. The lowest BCUT2D eigenvalue weighted by Gasteiger charge is -2.31. The number of likely N-dealkylation sites (tertiary alicyclic amines) is 1. The molecule has 0 saturated carbocycles. The fraction of sp³-hybridized carbons (Fsp3) is 0.438. The van der Waals surface area contributed by atoms with E-state index in [0.717, 1.165) is 5.69 Å². The van der Waals surface area contributed by atoms with E-state index in [1.54, 1.807) is 11.8 Å². The molecule has 1 heterocycles. The number of rotatable bonds is 3. The van der Waals surface area contributed by atoms with E-state index in [0.29, 0.717) is 25.9 Å². The zero-order chi connectivity index (χ0) is 15.9. The number of ether oxygens (including phenoxy) is 1. The minimum absolute atomic E-state index is 0.164. The van der Waals surface area contributed by atoms with Gasteiger partial charge < -0.3 is 15.0 Å². The van der Waals surface area contributed by atoms with Gasteiger partial charge in [0.1, 0.15) is 6.07 Å². The molecule has 6 nitrogen and oxygen atoms in total. The molecule has 22 heavy (non-hydrogen) atoms. The summed E-state index contributed by atoms with van der Waals surface area (Å²) in [7, 11) is 0. The molecular formula is C16H19N3O3. The summed E-state index contributed by atoms with van der Waals surface area (Å²) in [5.74, 6) is -0.589. The zero-order valence-corrected chi connectivity index (χ0v) is 12.5. The van der Waals surface area contributed by atoms with Crippen molar-refractivity contribution in [3.8, 4) is 6.07 Å². The third kappa shape index (κ3) is 4.22. The van der Waals surface area contributed by atoms with Crippen LogP contribution in [0.4, 0.5) is 10.5 Å². The predicted molar refractivity (Wildman–Crippen MR) is 80.9 cm³/mol. The minimum atomic E-state index is -0.730. The van der Waals surface area contributed by atoms with Crippen molar-refractivity contribution >= 4 is 17.7 Å². The Hall–Kier alpha value is -2.55. The number of nitrogens with one attached hydrogen (secondary N) is 1. The minimum Gasteiger partial charge on any atom is -0.447 e. The van der Waals surface area contributed by atoms with Gasteiger partial charge in [-0.15, -0.1) is 0 Å². The van der Waals surface area contributed by atoms with Crippen molar-refractivity contribution in [1.29, 1.82) is 5.26 Å². The van der Waals surface area contributed by atoms with Crippen LogP contribution in [0.25, 0.3) is 0 Å². The summed E-state index contributed by atoms with van der Waals surface area (Å²) >= 11 is 0. The molecule has 1 aromatic rings. The van der Waals surface area contributed by atoms with E-state index in [9.17, 15) is 9.59 Å². The van der Waals surface area contributed by atoms with E-state index in [4.69, 9.17) is 10.00 Å². The number of para-hydroxylation sites is 1. The number of carbonyl (C=O) groups is 2. The number of hydrogen-bond donors (Lipinski definition) is 1. The number of anilines is 1. The number of nitrogens with zero attached hydrogens (tertiary/aromatic N) is 2. The summed E-state index contributed by atoms with van der Waals surface area (Å²) in [6, 6.07) is 11.0. The van der Waals surface area contributed by atoms with Gasteiger partial charge in [-0.05, 0) is 31.9 Å². The highest BCUT2D eigenvalue weighted by atomic mass is 16.5. The second kappa shape index (κ2) is 7.46. The SMILES string of the molecule is C[C@@H](C#N)OC(=O)C1CCN(C(=O)Nc2ccccc2)CC1. The third-order valence-corrected chi connectivity index (χ3v) is 3.62. The molecule has 0 aromatic heterocycles. The van der Waals surface area contributed by atoms with E-state index in [1.165, 1.54) is 0 Å². The van der Waals surface area contributed by atoms with Gasteiger partial charge in [-0.25, -0.2) is 4.79 Å². The highest BCUT2D eigenvalue weighted by Gasteiger charge is 2.29. The third-order valence-electron chi connectivity index (χ3n) is 3.62. The Morgan fingerprint density at radius 2 is 1.95 bits per heavy atom. The van der Waals surface area contributed by atoms with E-state index < -0.39 is 6.10 Å². The fourth-order valence-corrected chi connectivity index (χ4v) is 2.34. The molecule has 0 bridgehead atoms. The Bertz CT molecular complexity index is 560. The average Bonchev–Trinajstić information content (AvgIpc) is 2.55. The molecule has 6 heteroatoms. The van der Waals surface area contributed by atoms with Crippen LogP contribution in [-0.4, -0.2) is 36.1 Å².